The summed E-state index contributed by atoms with van der Waals surface area (Å²) in [6.45, 7) is 2.06. The molecule has 0 fully saturated rings. The minimum Gasteiger partial charge on any atom is -0.457 e. The minimum atomic E-state index is -0.325. The van der Waals surface area contributed by atoms with Crippen LogP contribution in [-0.4, -0.2) is 25.9 Å². The number of benzene rings is 2. The molecule has 4 rings (SSSR count). The standard InChI is InChI=1S/C22H18FN5O3/c1-14-19(13-25-28(14)20-10-11-21(29)27-26-20)22(30)24-12-15-2-6-17(7-3-15)31-18-8-4-16(23)5-9-18/h2-11,13H,12H2,1H3,(H,24,30)(H,27,29). The van der Waals surface area contributed by atoms with Crippen molar-refractivity contribution in [2.75, 3.05) is 0 Å². The first-order chi connectivity index (χ1) is 15.0. The molecule has 31 heavy (non-hydrogen) atoms. The largest absolute Gasteiger partial charge is 0.457 e. The zero-order valence-corrected chi connectivity index (χ0v) is 16.5. The first kappa shape index (κ1) is 20.0. The summed E-state index contributed by atoms with van der Waals surface area (Å²) in [7, 11) is 0. The van der Waals surface area contributed by atoms with E-state index in [1.54, 1.807) is 31.2 Å². The minimum absolute atomic E-state index is 0.278. The van der Waals surface area contributed by atoms with E-state index in [0.717, 1.165) is 5.56 Å². The summed E-state index contributed by atoms with van der Waals surface area (Å²) in [5.74, 6) is 0.945. The highest BCUT2D eigenvalue weighted by atomic mass is 19.1. The van der Waals surface area contributed by atoms with Gasteiger partial charge in [-0.25, -0.2) is 14.2 Å². The Labute approximate surface area is 176 Å². The number of hydrogen-bond acceptors (Lipinski definition) is 5. The zero-order valence-electron chi connectivity index (χ0n) is 16.5. The van der Waals surface area contributed by atoms with Crippen molar-refractivity contribution in [2.24, 2.45) is 0 Å². The van der Waals surface area contributed by atoms with Crippen molar-refractivity contribution in [3.8, 4) is 17.3 Å². The van der Waals surface area contributed by atoms with Crippen LogP contribution in [0.5, 0.6) is 11.5 Å². The Morgan fingerprint density at radius 1 is 1.06 bits per heavy atom. The van der Waals surface area contributed by atoms with Crippen molar-refractivity contribution in [3.63, 3.8) is 0 Å². The lowest BCUT2D eigenvalue weighted by Gasteiger charge is -2.08. The number of hydrogen-bond donors (Lipinski definition) is 2. The fraction of sp³-hybridized carbons (Fsp3) is 0.0909. The normalized spacial score (nSPS) is 10.6. The van der Waals surface area contributed by atoms with Crippen LogP contribution in [-0.2, 0) is 6.54 Å². The van der Waals surface area contributed by atoms with E-state index in [1.807, 2.05) is 12.1 Å². The Morgan fingerprint density at radius 3 is 2.39 bits per heavy atom. The van der Waals surface area contributed by atoms with Crippen LogP contribution >= 0.6 is 0 Å². The molecule has 0 aliphatic heterocycles. The van der Waals surface area contributed by atoms with Crippen LogP contribution in [0.2, 0.25) is 0 Å². The van der Waals surface area contributed by atoms with Gasteiger partial charge in [0.25, 0.3) is 11.5 Å². The fourth-order valence-corrected chi connectivity index (χ4v) is 2.91. The Bertz CT molecular complexity index is 1240. The predicted molar refractivity (Wildman–Crippen MR) is 111 cm³/mol. The summed E-state index contributed by atoms with van der Waals surface area (Å²) < 4.78 is 20.1. The topological polar surface area (TPSA) is 102 Å². The molecule has 1 amide bonds. The maximum absolute atomic E-state index is 13.0. The van der Waals surface area contributed by atoms with Crippen LogP contribution in [0.1, 0.15) is 21.6 Å². The highest BCUT2D eigenvalue weighted by Crippen LogP contribution is 2.22. The zero-order chi connectivity index (χ0) is 21.8. The molecule has 0 bridgehead atoms. The highest BCUT2D eigenvalue weighted by Gasteiger charge is 2.15. The summed E-state index contributed by atoms with van der Waals surface area (Å²) in [5, 5.41) is 13.3. The van der Waals surface area contributed by atoms with E-state index in [9.17, 15) is 14.0 Å². The quantitative estimate of drug-likeness (QED) is 0.500. The maximum Gasteiger partial charge on any atom is 0.264 e. The van der Waals surface area contributed by atoms with Gasteiger partial charge in [-0.3, -0.25) is 9.59 Å². The summed E-state index contributed by atoms with van der Waals surface area (Å²) >= 11 is 0. The van der Waals surface area contributed by atoms with Crippen LogP contribution < -0.4 is 15.6 Å². The number of carbonyl (C=O) groups is 1. The van der Waals surface area contributed by atoms with Crippen LogP contribution in [0.25, 0.3) is 5.82 Å². The van der Waals surface area contributed by atoms with E-state index in [4.69, 9.17) is 4.74 Å². The van der Waals surface area contributed by atoms with Crippen LogP contribution in [0.4, 0.5) is 4.39 Å². The Kier molecular flexibility index (Phi) is 5.57. The molecule has 0 saturated heterocycles. The molecule has 0 radical (unpaired) electrons. The second-order valence-corrected chi connectivity index (χ2v) is 6.72. The number of nitrogens with zero attached hydrogens (tertiary/aromatic N) is 3. The summed E-state index contributed by atoms with van der Waals surface area (Å²) in [4.78, 5) is 23.7. The third-order valence-corrected chi connectivity index (χ3v) is 4.56. The number of H-pyrrole nitrogens is 1. The average Bonchev–Trinajstić information content (AvgIpc) is 3.16. The molecule has 4 aromatic rings. The number of nitrogens with one attached hydrogen (secondary N) is 2. The fourth-order valence-electron chi connectivity index (χ4n) is 2.91. The van der Waals surface area contributed by atoms with Crippen molar-refractivity contribution in [2.45, 2.75) is 13.5 Å². The second-order valence-electron chi connectivity index (χ2n) is 6.72. The molecule has 0 saturated carbocycles. The number of amides is 1. The van der Waals surface area contributed by atoms with E-state index in [0.29, 0.717) is 35.1 Å². The second kappa shape index (κ2) is 8.62. The van der Waals surface area contributed by atoms with Crippen molar-refractivity contribution in [1.29, 1.82) is 0 Å². The predicted octanol–water partition coefficient (Wildman–Crippen LogP) is 3.13. The van der Waals surface area contributed by atoms with Gasteiger partial charge in [-0.2, -0.15) is 10.2 Å². The summed E-state index contributed by atoms with van der Waals surface area (Å²) in [5.41, 5.74) is 1.57. The van der Waals surface area contributed by atoms with Gasteiger partial charge in [-0.15, -0.1) is 0 Å². The van der Waals surface area contributed by atoms with Gasteiger partial charge in [0.15, 0.2) is 5.82 Å². The Balaban J connectivity index is 1.38. The number of carbonyl (C=O) groups excluding carboxylic acids is 1. The van der Waals surface area contributed by atoms with Gasteiger partial charge in [-0.05, 0) is 55.0 Å². The monoisotopic (exact) mass is 419 g/mol. The van der Waals surface area contributed by atoms with Crippen molar-refractivity contribution in [1.82, 2.24) is 25.3 Å². The molecule has 2 aromatic carbocycles. The van der Waals surface area contributed by atoms with Gasteiger partial charge in [-0.1, -0.05) is 12.1 Å². The van der Waals surface area contributed by atoms with Gasteiger partial charge in [0.05, 0.1) is 17.5 Å². The molecule has 0 spiro atoms. The van der Waals surface area contributed by atoms with Crippen molar-refractivity contribution in [3.05, 3.63) is 99.9 Å². The lowest BCUT2D eigenvalue weighted by molar-refractivity contribution is 0.0950. The summed E-state index contributed by atoms with van der Waals surface area (Å²) in [6, 6.07) is 15.8. The smallest absolute Gasteiger partial charge is 0.264 e. The third-order valence-electron chi connectivity index (χ3n) is 4.56. The van der Waals surface area contributed by atoms with Gasteiger partial charge in [0, 0.05) is 12.6 Å². The molecule has 2 N–H and O–H groups in total. The van der Waals surface area contributed by atoms with Crippen LogP contribution in [0.3, 0.4) is 0 Å². The third kappa shape index (κ3) is 4.67. The molecule has 8 nitrogen and oxygen atoms in total. The number of aromatic amines is 1. The van der Waals surface area contributed by atoms with E-state index in [-0.39, 0.29) is 17.3 Å². The number of ether oxygens (including phenoxy) is 1. The first-order valence-electron chi connectivity index (χ1n) is 9.41. The van der Waals surface area contributed by atoms with E-state index in [1.165, 1.54) is 35.1 Å². The average molecular weight is 419 g/mol. The molecule has 2 heterocycles. The lowest BCUT2D eigenvalue weighted by atomic mass is 10.2. The number of aromatic nitrogens is 4. The molecular formula is C22H18FN5O3. The molecule has 156 valence electrons. The van der Waals surface area contributed by atoms with Gasteiger partial charge >= 0.3 is 0 Å². The SMILES string of the molecule is Cc1c(C(=O)NCc2ccc(Oc3ccc(F)cc3)cc2)cnn1-c1ccc(=O)[nH]n1. The highest BCUT2D eigenvalue weighted by molar-refractivity contribution is 5.95. The van der Waals surface area contributed by atoms with Crippen molar-refractivity contribution < 1.29 is 13.9 Å². The van der Waals surface area contributed by atoms with Gasteiger partial charge in [0.1, 0.15) is 17.3 Å². The molecule has 0 aliphatic rings. The Hall–Kier alpha value is -4.27. The van der Waals surface area contributed by atoms with Gasteiger partial charge < -0.3 is 10.1 Å². The van der Waals surface area contributed by atoms with Crippen LogP contribution in [0.15, 0.2) is 71.7 Å². The molecule has 2 aromatic heterocycles. The Morgan fingerprint density at radius 2 is 1.74 bits per heavy atom. The number of rotatable bonds is 6. The molecule has 0 aliphatic carbocycles. The lowest BCUT2D eigenvalue weighted by Crippen LogP contribution is -2.23. The van der Waals surface area contributed by atoms with E-state index < -0.39 is 0 Å². The molecule has 9 heteroatoms. The van der Waals surface area contributed by atoms with E-state index >= 15 is 0 Å². The molecule has 0 atom stereocenters. The molecular weight excluding hydrogens is 401 g/mol. The molecule has 0 unspecified atom stereocenters. The van der Waals surface area contributed by atoms with Crippen LogP contribution in [0, 0.1) is 12.7 Å². The maximum atomic E-state index is 13.0. The first-order valence-corrected chi connectivity index (χ1v) is 9.41. The van der Waals surface area contributed by atoms with Gasteiger partial charge in [0.2, 0.25) is 0 Å². The summed E-state index contributed by atoms with van der Waals surface area (Å²) in [6.07, 6.45) is 1.46. The number of halogens is 1. The van der Waals surface area contributed by atoms with E-state index in [2.05, 4.69) is 20.6 Å². The van der Waals surface area contributed by atoms with Crippen molar-refractivity contribution >= 4 is 5.91 Å².